The summed E-state index contributed by atoms with van der Waals surface area (Å²) in [5.41, 5.74) is 2.85. The van der Waals surface area contributed by atoms with Crippen LogP contribution in [0.15, 0.2) is 35.1 Å². The molecule has 1 aliphatic heterocycles. The molecule has 1 aromatic heterocycles. The molecule has 5 N–H and O–H groups in total. The average Bonchev–Trinajstić information content (AvgIpc) is 2.88. The number of H-pyrrole nitrogens is 1. The molecular formula is C20H27N5O2. The molecule has 1 spiro atoms. The van der Waals surface area contributed by atoms with Crippen LogP contribution < -0.4 is 21.5 Å². The number of hydrogen-bond donors (Lipinski definition) is 5. The number of aromatic nitrogens is 2. The Bertz CT molecular complexity index is 859. The van der Waals surface area contributed by atoms with Crippen molar-refractivity contribution in [2.45, 2.75) is 37.3 Å². The van der Waals surface area contributed by atoms with E-state index in [1.54, 1.807) is 6.92 Å². The number of aromatic amines is 1. The first-order chi connectivity index (χ1) is 13.1. The van der Waals surface area contributed by atoms with Crippen LogP contribution in [0.2, 0.25) is 0 Å². The Labute approximate surface area is 158 Å². The van der Waals surface area contributed by atoms with E-state index >= 15 is 0 Å². The van der Waals surface area contributed by atoms with Gasteiger partial charge in [-0.25, -0.2) is 4.98 Å². The van der Waals surface area contributed by atoms with Crippen LogP contribution in [0.3, 0.4) is 0 Å². The minimum absolute atomic E-state index is 0.0781. The first-order valence-electron chi connectivity index (χ1n) is 9.63. The molecule has 7 nitrogen and oxygen atoms in total. The zero-order valence-corrected chi connectivity index (χ0v) is 15.6. The molecule has 0 radical (unpaired) electrons. The summed E-state index contributed by atoms with van der Waals surface area (Å²) in [6.07, 6.45) is 1.47. The van der Waals surface area contributed by atoms with Gasteiger partial charge in [-0.2, -0.15) is 0 Å². The van der Waals surface area contributed by atoms with Crippen molar-refractivity contribution in [3.8, 4) is 0 Å². The lowest BCUT2D eigenvalue weighted by Gasteiger charge is -2.39. The van der Waals surface area contributed by atoms with Crippen molar-refractivity contribution in [2.24, 2.45) is 0 Å². The SMILES string of the molecule is Cc1cc(=O)[nH]c(NCCN[C@@H]2c3ccccc3C3(CCNCC3)[C@H]2O)n1. The number of nitrogens with zero attached hydrogens (tertiary/aromatic N) is 1. The Morgan fingerprint density at radius 2 is 2.04 bits per heavy atom. The molecule has 4 rings (SSSR count). The fourth-order valence-corrected chi connectivity index (χ4v) is 4.60. The molecule has 1 aliphatic carbocycles. The van der Waals surface area contributed by atoms with Crippen LogP contribution in [0.1, 0.15) is 35.7 Å². The van der Waals surface area contributed by atoms with Gasteiger partial charge in [-0.15, -0.1) is 0 Å². The highest BCUT2D eigenvalue weighted by Crippen LogP contribution is 2.49. The van der Waals surface area contributed by atoms with Crippen molar-refractivity contribution in [2.75, 3.05) is 31.5 Å². The molecule has 1 saturated heterocycles. The van der Waals surface area contributed by atoms with Crippen molar-refractivity contribution in [3.63, 3.8) is 0 Å². The fraction of sp³-hybridized carbons (Fsp3) is 0.500. The molecule has 0 bridgehead atoms. The summed E-state index contributed by atoms with van der Waals surface area (Å²) in [6.45, 7) is 4.93. The number of fused-ring (bicyclic) bond motifs is 2. The second kappa shape index (κ2) is 7.42. The zero-order chi connectivity index (χ0) is 18.9. The highest BCUT2D eigenvalue weighted by atomic mass is 16.3. The van der Waals surface area contributed by atoms with Gasteiger partial charge in [0.1, 0.15) is 0 Å². The van der Waals surface area contributed by atoms with Gasteiger partial charge in [-0.3, -0.25) is 9.78 Å². The summed E-state index contributed by atoms with van der Waals surface area (Å²) in [4.78, 5) is 18.5. The van der Waals surface area contributed by atoms with Gasteiger partial charge in [0.2, 0.25) is 5.95 Å². The number of aryl methyl sites for hydroxylation is 1. The number of aliphatic hydroxyl groups is 1. The second-order valence-corrected chi connectivity index (χ2v) is 7.53. The van der Waals surface area contributed by atoms with Gasteiger partial charge < -0.3 is 21.1 Å². The number of nitrogens with one attached hydrogen (secondary N) is 4. The molecule has 144 valence electrons. The monoisotopic (exact) mass is 369 g/mol. The van der Waals surface area contributed by atoms with Gasteiger partial charge in [0.15, 0.2) is 0 Å². The van der Waals surface area contributed by atoms with Gasteiger partial charge in [0.05, 0.1) is 12.1 Å². The minimum Gasteiger partial charge on any atom is -0.390 e. The Morgan fingerprint density at radius 1 is 1.26 bits per heavy atom. The normalized spacial score (nSPS) is 23.3. The number of aliphatic hydroxyl groups excluding tert-OH is 1. The maximum atomic E-state index is 11.5. The maximum Gasteiger partial charge on any atom is 0.252 e. The van der Waals surface area contributed by atoms with Crippen LogP contribution in [0.25, 0.3) is 0 Å². The molecule has 2 atom stereocenters. The molecule has 1 fully saturated rings. The third-order valence-corrected chi connectivity index (χ3v) is 5.86. The van der Waals surface area contributed by atoms with Crippen LogP contribution in [0.5, 0.6) is 0 Å². The van der Waals surface area contributed by atoms with E-state index in [1.165, 1.54) is 17.2 Å². The van der Waals surface area contributed by atoms with E-state index in [2.05, 4.69) is 44.1 Å². The van der Waals surface area contributed by atoms with Gasteiger partial charge in [0, 0.05) is 30.3 Å². The number of hydrogen-bond acceptors (Lipinski definition) is 6. The summed E-state index contributed by atoms with van der Waals surface area (Å²) in [7, 11) is 0. The highest BCUT2D eigenvalue weighted by Gasteiger charge is 2.51. The van der Waals surface area contributed by atoms with E-state index in [0.29, 0.717) is 24.7 Å². The molecule has 27 heavy (non-hydrogen) atoms. The lowest BCUT2D eigenvalue weighted by Crippen LogP contribution is -2.48. The largest absolute Gasteiger partial charge is 0.390 e. The summed E-state index contributed by atoms with van der Waals surface area (Å²) < 4.78 is 0. The van der Waals surface area contributed by atoms with Crippen molar-refractivity contribution in [3.05, 3.63) is 57.5 Å². The molecule has 2 aromatic rings. The lowest BCUT2D eigenvalue weighted by molar-refractivity contribution is 0.0448. The molecule has 2 heterocycles. The fourth-order valence-electron chi connectivity index (χ4n) is 4.60. The third-order valence-electron chi connectivity index (χ3n) is 5.86. The Morgan fingerprint density at radius 3 is 2.81 bits per heavy atom. The van der Waals surface area contributed by atoms with Gasteiger partial charge in [-0.05, 0) is 44.0 Å². The Hall–Kier alpha value is -2.22. The molecule has 7 heteroatoms. The summed E-state index contributed by atoms with van der Waals surface area (Å²) in [5, 5.41) is 21.3. The predicted molar refractivity (Wildman–Crippen MR) is 105 cm³/mol. The van der Waals surface area contributed by atoms with Crippen molar-refractivity contribution >= 4 is 5.95 Å². The third kappa shape index (κ3) is 3.38. The number of anilines is 1. The lowest BCUT2D eigenvalue weighted by atomic mass is 9.72. The summed E-state index contributed by atoms with van der Waals surface area (Å²) in [6, 6.07) is 9.79. The van der Waals surface area contributed by atoms with Gasteiger partial charge in [0.25, 0.3) is 5.56 Å². The number of benzene rings is 1. The highest BCUT2D eigenvalue weighted by molar-refractivity contribution is 5.45. The zero-order valence-electron chi connectivity index (χ0n) is 15.6. The van der Waals surface area contributed by atoms with E-state index in [1.807, 2.05) is 6.07 Å². The standard InChI is InChI=1S/C20H27N5O2/c1-13-12-16(26)25-19(24-13)23-11-10-22-17-14-4-2-3-5-15(14)20(18(17)27)6-8-21-9-7-20/h2-5,12,17-18,21-22,27H,6-11H2,1H3,(H2,23,24,25,26)/t17-,18+/m1/s1. The molecule has 2 aliphatic rings. The first kappa shape index (κ1) is 18.2. The van der Waals surface area contributed by atoms with Crippen molar-refractivity contribution in [1.82, 2.24) is 20.6 Å². The summed E-state index contributed by atoms with van der Waals surface area (Å²) in [5.74, 6) is 0.476. The van der Waals surface area contributed by atoms with Crippen molar-refractivity contribution < 1.29 is 5.11 Å². The van der Waals surface area contributed by atoms with E-state index in [9.17, 15) is 9.90 Å². The predicted octanol–water partition coefficient (Wildman–Crippen LogP) is 0.817. The Balaban J connectivity index is 1.44. The maximum absolute atomic E-state index is 11.5. The second-order valence-electron chi connectivity index (χ2n) is 7.53. The van der Waals surface area contributed by atoms with Gasteiger partial charge in [-0.1, -0.05) is 24.3 Å². The smallest absolute Gasteiger partial charge is 0.252 e. The van der Waals surface area contributed by atoms with Crippen molar-refractivity contribution in [1.29, 1.82) is 0 Å². The average molecular weight is 369 g/mol. The summed E-state index contributed by atoms with van der Waals surface area (Å²) >= 11 is 0. The molecule has 0 saturated carbocycles. The molecule has 0 amide bonds. The molecule has 1 aromatic carbocycles. The van der Waals surface area contributed by atoms with Crippen LogP contribution in [-0.4, -0.2) is 47.4 Å². The van der Waals surface area contributed by atoms with Crippen LogP contribution in [0.4, 0.5) is 5.95 Å². The van der Waals surface area contributed by atoms with Crippen LogP contribution >= 0.6 is 0 Å². The topological polar surface area (TPSA) is 102 Å². The first-order valence-corrected chi connectivity index (χ1v) is 9.63. The van der Waals surface area contributed by atoms with E-state index in [0.717, 1.165) is 25.9 Å². The molecule has 0 unspecified atom stereocenters. The number of piperidine rings is 1. The van der Waals surface area contributed by atoms with E-state index in [-0.39, 0.29) is 17.0 Å². The quantitative estimate of drug-likeness (QED) is 0.500. The molecular weight excluding hydrogens is 342 g/mol. The van der Waals surface area contributed by atoms with Crippen LogP contribution in [-0.2, 0) is 5.41 Å². The van der Waals surface area contributed by atoms with E-state index in [4.69, 9.17) is 0 Å². The van der Waals surface area contributed by atoms with Crippen LogP contribution in [0, 0.1) is 6.92 Å². The van der Waals surface area contributed by atoms with E-state index < -0.39 is 6.10 Å². The Kier molecular flexibility index (Phi) is 4.99. The minimum atomic E-state index is -0.436. The number of rotatable bonds is 5. The van der Waals surface area contributed by atoms with Gasteiger partial charge >= 0.3 is 0 Å².